The van der Waals surface area contributed by atoms with E-state index in [1.54, 1.807) is 24.3 Å². The third-order valence-corrected chi connectivity index (χ3v) is 7.48. The van der Waals surface area contributed by atoms with Crippen LogP contribution in [0.3, 0.4) is 0 Å². The van der Waals surface area contributed by atoms with Gasteiger partial charge in [-0.25, -0.2) is 9.13 Å². The smallest absolute Gasteiger partial charge is 0.321 e. The lowest BCUT2D eigenvalue weighted by Gasteiger charge is -2.18. The van der Waals surface area contributed by atoms with Gasteiger partial charge in [0.05, 0.1) is 10.6 Å². The van der Waals surface area contributed by atoms with Crippen molar-refractivity contribution in [3.63, 3.8) is 0 Å². The summed E-state index contributed by atoms with van der Waals surface area (Å²) in [7, 11) is -6.98. The first-order chi connectivity index (χ1) is 15.8. The molecule has 0 amide bonds. The fourth-order valence-corrected chi connectivity index (χ4v) is 5.25. The zero-order chi connectivity index (χ0) is 23.2. The second-order valence-corrected chi connectivity index (χ2v) is 10.4. The van der Waals surface area contributed by atoms with Crippen molar-refractivity contribution in [1.82, 2.24) is 0 Å². The minimum atomic E-state index is -4.33. The highest BCUT2D eigenvalue weighted by Gasteiger charge is 2.19. The molecule has 0 spiro atoms. The van der Waals surface area contributed by atoms with Crippen LogP contribution in [-0.2, 0) is 13.7 Å². The van der Waals surface area contributed by atoms with Crippen molar-refractivity contribution in [2.75, 3.05) is 0 Å². The van der Waals surface area contributed by atoms with Gasteiger partial charge in [-0.3, -0.25) is 4.57 Å². The van der Waals surface area contributed by atoms with Crippen LogP contribution in [-0.4, -0.2) is 9.79 Å². The zero-order valence-electron chi connectivity index (χ0n) is 17.3. The van der Waals surface area contributed by atoms with Crippen LogP contribution >= 0.6 is 15.3 Å². The maximum Gasteiger partial charge on any atom is 0.356 e. The topological polar surface area (TPSA) is 91.7 Å². The summed E-state index contributed by atoms with van der Waals surface area (Å²) in [4.78, 5) is 19.0. The zero-order valence-corrected chi connectivity index (χ0v) is 19.0. The molecule has 0 radical (unpaired) electrons. The van der Waals surface area contributed by atoms with E-state index in [-0.39, 0.29) is 10.6 Å². The maximum atomic E-state index is 11.6. The molecule has 0 saturated carbocycles. The number of hydrogen-bond acceptors (Lipinski definition) is 3. The van der Waals surface area contributed by atoms with Gasteiger partial charge in [0.15, 0.2) is 0 Å². The molecule has 0 unspecified atom stereocenters. The molecule has 162 valence electrons. The van der Waals surface area contributed by atoms with Crippen LogP contribution in [0.15, 0.2) is 97.1 Å². The highest BCUT2D eigenvalue weighted by Crippen LogP contribution is 2.43. The Hall–Kier alpha value is -3.33. The molecule has 2 N–H and O–H groups in total. The Morgan fingerprint density at radius 1 is 0.545 bits per heavy atom. The van der Waals surface area contributed by atoms with Crippen LogP contribution < -0.4 is 10.6 Å². The van der Waals surface area contributed by atoms with Gasteiger partial charge in [-0.15, -0.1) is 0 Å². The molecule has 7 heteroatoms. The van der Waals surface area contributed by atoms with Crippen LogP contribution in [0.25, 0.3) is 43.8 Å². The molecule has 0 atom stereocenters. The molecule has 0 bridgehead atoms. The van der Waals surface area contributed by atoms with Crippen molar-refractivity contribution in [2.24, 2.45) is 0 Å². The minimum absolute atomic E-state index is 0.0201. The van der Waals surface area contributed by atoms with Gasteiger partial charge in [-0.2, -0.15) is 0 Å². The van der Waals surface area contributed by atoms with Gasteiger partial charge >= 0.3 is 15.3 Å². The summed E-state index contributed by atoms with van der Waals surface area (Å²) in [5.41, 5.74) is 3.74. The van der Waals surface area contributed by atoms with Crippen molar-refractivity contribution in [2.45, 2.75) is 0 Å². The maximum absolute atomic E-state index is 11.6. The third kappa shape index (κ3) is 3.86. The molecular formula is C26H18O5P2. The third-order valence-electron chi connectivity index (χ3n) is 5.79. The lowest BCUT2D eigenvalue weighted by atomic mass is 9.86. The molecule has 0 fully saturated rings. The van der Waals surface area contributed by atoms with Crippen molar-refractivity contribution >= 4 is 47.4 Å². The molecule has 0 heterocycles. The van der Waals surface area contributed by atoms with Gasteiger partial charge in [0.25, 0.3) is 0 Å². The molecule has 0 aromatic heterocycles. The first kappa shape index (κ1) is 21.5. The SMILES string of the molecule is O=P(=O)c1ccc(-c2c3ccccc3c(-c3ccc(P(=O)(O)O)cc3)c3ccccc23)cc1. The molecule has 33 heavy (non-hydrogen) atoms. The highest BCUT2D eigenvalue weighted by atomic mass is 31.2. The molecule has 0 aliphatic heterocycles. The molecule has 0 aliphatic carbocycles. The number of rotatable bonds is 4. The van der Waals surface area contributed by atoms with E-state index in [1.807, 2.05) is 60.7 Å². The molecule has 0 aliphatic rings. The summed E-state index contributed by atoms with van der Waals surface area (Å²) >= 11 is 0. The van der Waals surface area contributed by atoms with E-state index in [0.717, 1.165) is 43.8 Å². The Morgan fingerprint density at radius 2 is 0.909 bits per heavy atom. The van der Waals surface area contributed by atoms with Gasteiger partial charge in [0, 0.05) is 0 Å². The standard InChI is InChI=1S/C26H18O5P2/c27-32(28)19-13-9-17(10-14-19)25-21-5-1-3-7-23(21)26(24-8-4-2-6-22(24)25)18-11-15-20(16-12-18)33(29,30)31/h1-16H,(H2,29,30,31). The molecular weight excluding hydrogens is 454 g/mol. The minimum Gasteiger partial charge on any atom is -0.321 e. The van der Waals surface area contributed by atoms with Gasteiger partial charge in [-0.05, 0) is 68.1 Å². The van der Waals surface area contributed by atoms with Gasteiger partial charge in [0.2, 0.25) is 0 Å². The summed E-state index contributed by atoms with van der Waals surface area (Å²) in [6.07, 6.45) is 0. The second-order valence-electron chi connectivity index (χ2n) is 7.74. The fourth-order valence-electron chi connectivity index (χ4n) is 4.32. The Bertz CT molecular complexity index is 1570. The summed E-state index contributed by atoms with van der Waals surface area (Å²) in [5.74, 6) is 0. The molecule has 5 rings (SSSR count). The molecule has 5 aromatic rings. The Labute approximate surface area is 190 Å². The van der Waals surface area contributed by atoms with Gasteiger partial charge in [-0.1, -0.05) is 72.8 Å². The quantitative estimate of drug-likeness (QED) is 0.250. The van der Waals surface area contributed by atoms with Gasteiger partial charge < -0.3 is 9.79 Å². The van der Waals surface area contributed by atoms with Crippen LogP contribution in [0.4, 0.5) is 0 Å². The number of fused-ring (bicyclic) bond motifs is 2. The lowest BCUT2D eigenvalue weighted by molar-refractivity contribution is 0.387. The van der Waals surface area contributed by atoms with E-state index in [9.17, 15) is 23.5 Å². The van der Waals surface area contributed by atoms with Gasteiger partial charge in [0.1, 0.15) is 0 Å². The highest BCUT2D eigenvalue weighted by molar-refractivity contribution is 7.60. The van der Waals surface area contributed by atoms with E-state index >= 15 is 0 Å². The van der Waals surface area contributed by atoms with E-state index in [0.29, 0.717) is 0 Å². The van der Waals surface area contributed by atoms with Crippen LogP contribution in [0.2, 0.25) is 0 Å². The second kappa shape index (κ2) is 8.22. The van der Waals surface area contributed by atoms with Crippen molar-refractivity contribution < 1.29 is 23.5 Å². The molecule has 5 aromatic carbocycles. The van der Waals surface area contributed by atoms with E-state index in [2.05, 4.69) is 0 Å². The summed E-state index contributed by atoms with van der Waals surface area (Å²) in [6.45, 7) is 0. The van der Waals surface area contributed by atoms with E-state index < -0.39 is 15.3 Å². The Kier molecular flexibility index (Phi) is 5.36. The summed E-state index contributed by atoms with van der Waals surface area (Å²) < 4.78 is 34.3. The Balaban J connectivity index is 1.84. The van der Waals surface area contributed by atoms with Crippen molar-refractivity contribution in [1.29, 1.82) is 0 Å². The monoisotopic (exact) mass is 472 g/mol. The molecule has 5 nitrogen and oxygen atoms in total. The van der Waals surface area contributed by atoms with E-state index in [1.165, 1.54) is 12.1 Å². The first-order valence-corrected chi connectivity index (χ1v) is 13.0. The summed E-state index contributed by atoms with van der Waals surface area (Å²) in [6, 6.07) is 29.2. The largest absolute Gasteiger partial charge is 0.356 e. The predicted molar refractivity (Wildman–Crippen MR) is 132 cm³/mol. The average molecular weight is 472 g/mol. The molecule has 0 saturated heterocycles. The van der Waals surface area contributed by atoms with Crippen LogP contribution in [0.5, 0.6) is 0 Å². The predicted octanol–water partition coefficient (Wildman–Crippen LogP) is 5.93. The number of benzene rings is 5. The van der Waals surface area contributed by atoms with Crippen LogP contribution in [0, 0.1) is 0 Å². The van der Waals surface area contributed by atoms with Crippen molar-refractivity contribution in [3.05, 3.63) is 97.1 Å². The fraction of sp³-hybridized carbons (Fsp3) is 0. The normalized spacial score (nSPS) is 11.7. The first-order valence-electron chi connectivity index (χ1n) is 10.2. The van der Waals surface area contributed by atoms with Crippen molar-refractivity contribution in [3.8, 4) is 22.3 Å². The number of hydrogen-bond donors (Lipinski definition) is 2. The van der Waals surface area contributed by atoms with Crippen LogP contribution in [0.1, 0.15) is 0 Å². The summed E-state index contributed by atoms with van der Waals surface area (Å²) in [5, 5.41) is 4.25. The van der Waals surface area contributed by atoms with E-state index in [4.69, 9.17) is 0 Å². The average Bonchev–Trinajstić information content (AvgIpc) is 2.82. The lowest BCUT2D eigenvalue weighted by Crippen LogP contribution is -2.02. The Morgan fingerprint density at radius 3 is 1.24 bits per heavy atom.